The molecular formula is C74H74BBrN4O12. The van der Waals surface area contributed by atoms with E-state index in [0.717, 1.165) is 128 Å². The molecule has 472 valence electrons. The van der Waals surface area contributed by atoms with Gasteiger partial charge in [-0.1, -0.05) is 171 Å². The number of unbranched alkanes of at least 4 members (excludes halogenated alkanes) is 12. The molecule has 0 saturated carbocycles. The Balaban J connectivity index is 0.000000296. The molecule has 0 heterocycles. The Labute approximate surface area is 547 Å². The van der Waals surface area contributed by atoms with Crippen molar-refractivity contribution < 1.29 is 59.1 Å². The molecule has 0 aliphatic rings. The first-order valence-electron chi connectivity index (χ1n) is 30.1. The van der Waals surface area contributed by atoms with Gasteiger partial charge in [-0.2, -0.15) is 15.8 Å². The van der Waals surface area contributed by atoms with Gasteiger partial charge in [0.25, 0.3) is 0 Å². The number of hydrogen-bond donors (Lipinski definition) is 6. The highest BCUT2D eigenvalue weighted by molar-refractivity contribution is 9.10. The number of hydrogen-bond acceptors (Lipinski definition) is 13. The molecule has 16 nitrogen and oxygen atoms in total. The van der Waals surface area contributed by atoms with Crippen LogP contribution in [0.4, 0.5) is 5.69 Å². The van der Waals surface area contributed by atoms with Gasteiger partial charge in [0.15, 0.2) is 5.69 Å². The van der Waals surface area contributed by atoms with E-state index >= 15 is 0 Å². The Bertz CT molecular complexity index is 3560. The smallest absolute Gasteiger partial charge is 0.488 e. The molecule has 0 aliphatic carbocycles. The van der Waals surface area contributed by atoms with E-state index in [1.165, 1.54) is 6.07 Å². The van der Waals surface area contributed by atoms with Crippen LogP contribution in [0.25, 0.3) is 38.2 Å². The summed E-state index contributed by atoms with van der Waals surface area (Å²) in [5.41, 5.74) is 8.39. The molecule has 0 atom stereocenters. The normalized spacial score (nSPS) is 9.90. The molecule has 0 unspecified atom stereocenters. The summed E-state index contributed by atoms with van der Waals surface area (Å²) < 4.78 is 11.9. The predicted molar refractivity (Wildman–Crippen MR) is 359 cm³/mol. The van der Waals surface area contributed by atoms with Gasteiger partial charge in [-0.15, -0.1) is 0 Å². The number of rotatable bonds is 26. The van der Waals surface area contributed by atoms with Crippen LogP contribution in [0.3, 0.4) is 0 Å². The van der Waals surface area contributed by atoms with Crippen molar-refractivity contribution in [3.8, 4) is 74.6 Å². The van der Waals surface area contributed by atoms with Crippen molar-refractivity contribution in [1.82, 2.24) is 0 Å². The molecule has 0 saturated heterocycles. The lowest BCUT2D eigenvalue weighted by atomic mass is 9.80. The Morgan fingerprint density at radius 1 is 0.413 bits per heavy atom. The number of carboxylic acid groups (broad SMARTS) is 2. The van der Waals surface area contributed by atoms with Crippen LogP contribution in [0, 0.1) is 40.6 Å². The lowest BCUT2D eigenvalue weighted by Crippen LogP contribution is -2.29. The molecule has 0 radical (unpaired) electrons. The monoisotopic (exact) mass is 1300 g/mol. The van der Waals surface area contributed by atoms with Gasteiger partial charge in [-0.3, -0.25) is 19.2 Å². The number of phenols is 2. The van der Waals surface area contributed by atoms with Crippen molar-refractivity contribution in [2.75, 3.05) is 0 Å². The highest BCUT2D eigenvalue weighted by Crippen LogP contribution is 2.28. The van der Waals surface area contributed by atoms with E-state index < -0.39 is 19.1 Å². The highest BCUT2D eigenvalue weighted by Gasteiger charge is 2.11. The van der Waals surface area contributed by atoms with Crippen LogP contribution < -0.4 is 14.9 Å². The molecule has 8 aromatic carbocycles. The van der Waals surface area contributed by atoms with E-state index in [9.17, 15) is 19.2 Å². The maximum absolute atomic E-state index is 12.2. The minimum atomic E-state index is -1.50. The molecule has 0 aliphatic heterocycles. The van der Waals surface area contributed by atoms with Gasteiger partial charge in [-0.25, -0.2) is 4.85 Å². The Morgan fingerprint density at radius 2 is 0.739 bits per heavy atom. The second-order valence-electron chi connectivity index (χ2n) is 20.9. The maximum Gasteiger partial charge on any atom is 0.488 e. The molecular weight excluding hydrogens is 1230 g/mol. The van der Waals surface area contributed by atoms with Gasteiger partial charge >= 0.3 is 31.0 Å². The number of halogens is 1. The predicted octanol–water partition coefficient (Wildman–Crippen LogP) is 16.5. The van der Waals surface area contributed by atoms with Crippen molar-refractivity contribution >= 4 is 58.1 Å². The van der Waals surface area contributed by atoms with Crippen LogP contribution in [-0.4, -0.2) is 61.5 Å². The van der Waals surface area contributed by atoms with E-state index in [0.29, 0.717) is 57.9 Å². The van der Waals surface area contributed by atoms with Crippen LogP contribution >= 0.6 is 15.9 Å². The topological polar surface area (TPSA) is 284 Å². The van der Waals surface area contributed by atoms with Gasteiger partial charge < -0.3 is 39.9 Å². The van der Waals surface area contributed by atoms with Crippen molar-refractivity contribution in [3.05, 3.63) is 227 Å². The number of esters is 2. The highest BCUT2D eigenvalue weighted by atomic mass is 79.9. The van der Waals surface area contributed by atoms with Gasteiger partial charge in [0.1, 0.15) is 23.0 Å². The first-order valence-corrected chi connectivity index (χ1v) is 30.9. The molecule has 0 amide bonds. The fourth-order valence-corrected chi connectivity index (χ4v) is 9.07. The number of ether oxygens (including phenoxy) is 2. The molecule has 0 spiro atoms. The number of nitrogens with zero attached hydrogens (tertiary/aromatic N) is 4. The van der Waals surface area contributed by atoms with E-state index in [-0.39, 0.29) is 30.5 Å². The number of aliphatic carboxylic acids is 2. The summed E-state index contributed by atoms with van der Waals surface area (Å²) in [4.78, 5) is 48.3. The zero-order valence-corrected chi connectivity index (χ0v) is 52.7. The van der Waals surface area contributed by atoms with E-state index in [1.807, 2.05) is 97.1 Å². The summed E-state index contributed by atoms with van der Waals surface area (Å²) in [7, 11) is -1.50. The van der Waals surface area contributed by atoms with E-state index in [4.69, 9.17) is 62.3 Å². The summed E-state index contributed by atoms with van der Waals surface area (Å²) in [5, 5.41) is 78.3. The molecule has 0 bridgehead atoms. The van der Waals surface area contributed by atoms with Crippen LogP contribution in [0.15, 0.2) is 199 Å². The lowest BCUT2D eigenvalue weighted by Gasteiger charge is -2.07. The second-order valence-corrected chi connectivity index (χ2v) is 21.8. The molecule has 0 fully saturated rings. The number of carboxylic acids is 2. The third-order valence-electron chi connectivity index (χ3n) is 13.7. The van der Waals surface area contributed by atoms with Gasteiger partial charge in [-0.05, 0) is 168 Å². The second kappa shape index (κ2) is 43.4. The minimum Gasteiger partial charge on any atom is -0.508 e. The average Bonchev–Trinajstić information content (AvgIpc) is 1.86. The van der Waals surface area contributed by atoms with Crippen LogP contribution in [-0.2, 0) is 19.2 Å². The summed E-state index contributed by atoms with van der Waals surface area (Å²) in [6, 6.07) is 62.9. The number of carbonyl (C=O) groups excluding carboxylic acids is 2. The van der Waals surface area contributed by atoms with Gasteiger partial charge in [0.2, 0.25) is 0 Å². The quantitative estimate of drug-likeness (QED) is 0.00966. The first-order chi connectivity index (χ1) is 44.5. The van der Waals surface area contributed by atoms with Gasteiger partial charge in [0, 0.05) is 30.2 Å². The molecule has 8 aromatic rings. The number of carbonyl (C=O) groups is 4. The zero-order valence-electron chi connectivity index (χ0n) is 51.1. The summed E-state index contributed by atoms with van der Waals surface area (Å²) in [6.07, 6.45) is 14.6. The first kappa shape index (κ1) is 74.1. The molecule has 92 heavy (non-hydrogen) atoms. The Morgan fingerprint density at radius 3 is 1.10 bits per heavy atom. The third kappa shape index (κ3) is 31.2. The fraction of sp³-hybridized carbons (Fsp3) is 0.243. The fourth-order valence-electron chi connectivity index (χ4n) is 8.81. The Kier molecular flexibility index (Phi) is 34.9. The molecule has 6 N–H and O–H groups in total. The minimum absolute atomic E-state index is 0.232. The Hall–Kier alpha value is -10.3. The van der Waals surface area contributed by atoms with Gasteiger partial charge in [0.05, 0.1) is 41.5 Å². The van der Waals surface area contributed by atoms with E-state index in [2.05, 4.69) is 32.9 Å². The largest absolute Gasteiger partial charge is 0.508 e. The number of phenolic OH excluding ortho intramolecular Hbond substituents is 2. The van der Waals surface area contributed by atoms with Crippen LogP contribution in [0.1, 0.15) is 132 Å². The maximum atomic E-state index is 12.2. The SMILES string of the molecule is N#Cc1cccc(-c2ccc(O)cc2)c1.N#Cc1cccc(B(O)O)c1.O=C(O)CCCCCCCCCC(=O)O.Oc1ccc(Br)cc1.[C-]#[N+]c1cccc(-c2ccc(OC(=O)CCCCCCCCCC(=O)Oc3ccc(-c4cccc(C#N)c4)cc3)cc2)c1. The van der Waals surface area contributed by atoms with Crippen LogP contribution in [0.2, 0.25) is 0 Å². The number of aromatic hydroxyl groups is 2. The third-order valence-corrected chi connectivity index (χ3v) is 14.2. The molecule has 8 rings (SSSR count). The molecule has 0 aromatic heterocycles. The van der Waals surface area contributed by atoms with Crippen molar-refractivity contribution in [3.63, 3.8) is 0 Å². The number of nitriles is 3. The summed E-state index contributed by atoms with van der Waals surface area (Å²) >= 11 is 3.23. The van der Waals surface area contributed by atoms with Crippen molar-refractivity contribution in [1.29, 1.82) is 15.8 Å². The van der Waals surface area contributed by atoms with Crippen molar-refractivity contribution in [2.24, 2.45) is 0 Å². The standard InChI is InChI=1S/C37H34N2O4.C13H9NO.C11H20O4.C7H6BNO2.C6H5BrO/c1-39-33-14-10-13-32(26-33)30-19-23-35(24-20-30)43-37(41)16-8-6-4-2-3-5-7-15-36(40)42-34-21-17-29(18-22-34)31-12-9-11-28(25-31)27-38;14-9-10-2-1-3-12(8-10)11-4-6-13(15)7-5-11;12-10(13)8-6-4-2-1-3-5-7-9-11(14)15;9-5-6-2-1-3-7(4-6)8(10)11;7-5-1-3-6(8)4-2-5/h9-14,17-26H,2-8,15-16H2;1-8,15H;1-9H2,(H,12,13)(H,14,15);1-4,10-11H;1-4,8H. The van der Waals surface area contributed by atoms with Crippen molar-refractivity contribution in [2.45, 2.75) is 116 Å². The summed E-state index contributed by atoms with van der Waals surface area (Å²) in [5.74, 6) is -0.334. The van der Waals surface area contributed by atoms with Crippen LogP contribution in [0.5, 0.6) is 23.0 Å². The number of benzene rings is 8. The lowest BCUT2D eigenvalue weighted by molar-refractivity contribution is -0.138. The zero-order chi connectivity index (χ0) is 66.7. The average molecular weight is 1300 g/mol. The summed E-state index contributed by atoms with van der Waals surface area (Å²) in [6.45, 7) is 7.16. The van der Waals surface area contributed by atoms with E-state index in [1.54, 1.807) is 97.1 Å². The molecule has 18 heteroatoms.